The number of benzene rings is 2. The van der Waals surface area contributed by atoms with Crippen LogP contribution in [0.3, 0.4) is 0 Å². The van der Waals surface area contributed by atoms with Gasteiger partial charge in [-0.2, -0.15) is 0 Å². The molecule has 0 spiro atoms. The van der Waals surface area contributed by atoms with E-state index in [4.69, 9.17) is 9.84 Å². The van der Waals surface area contributed by atoms with Gasteiger partial charge in [0.05, 0.1) is 5.56 Å². The molecule has 0 aliphatic heterocycles. The molecule has 1 N–H and O–H groups in total. The minimum absolute atomic E-state index is 0.280. The second-order valence-electron chi connectivity index (χ2n) is 3.74. The van der Waals surface area contributed by atoms with Gasteiger partial charge in [-0.3, -0.25) is 0 Å². The lowest BCUT2D eigenvalue weighted by atomic mass is 10.1. The highest BCUT2D eigenvalue weighted by Crippen LogP contribution is 2.17. The van der Waals surface area contributed by atoms with E-state index in [9.17, 15) is 4.79 Å². The highest BCUT2D eigenvalue weighted by molar-refractivity contribution is 9.10. The molecule has 92 valence electrons. The van der Waals surface area contributed by atoms with Gasteiger partial charge in [-0.05, 0) is 42.0 Å². The topological polar surface area (TPSA) is 46.5 Å². The molecular formula is C14H11BrO3. The van der Waals surface area contributed by atoms with Gasteiger partial charge >= 0.3 is 5.97 Å². The fourth-order valence-corrected chi connectivity index (χ4v) is 1.71. The Morgan fingerprint density at radius 3 is 2.22 bits per heavy atom. The summed E-state index contributed by atoms with van der Waals surface area (Å²) in [4.78, 5) is 10.7. The molecule has 0 atom stereocenters. The first-order chi connectivity index (χ1) is 8.65. The van der Waals surface area contributed by atoms with E-state index in [1.165, 1.54) is 0 Å². The second-order valence-corrected chi connectivity index (χ2v) is 4.66. The number of rotatable bonds is 4. The molecule has 0 aliphatic carbocycles. The molecule has 18 heavy (non-hydrogen) atoms. The summed E-state index contributed by atoms with van der Waals surface area (Å²) in [7, 11) is 0. The zero-order valence-corrected chi connectivity index (χ0v) is 11.1. The van der Waals surface area contributed by atoms with Crippen LogP contribution in [0.4, 0.5) is 0 Å². The first-order valence-electron chi connectivity index (χ1n) is 5.36. The minimum atomic E-state index is -0.921. The predicted molar refractivity (Wildman–Crippen MR) is 71.9 cm³/mol. The van der Waals surface area contributed by atoms with Crippen LogP contribution >= 0.6 is 15.9 Å². The molecule has 0 bridgehead atoms. The second kappa shape index (κ2) is 5.69. The largest absolute Gasteiger partial charge is 0.489 e. The Morgan fingerprint density at radius 2 is 1.67 bits per heavy atom. The van der Waals surface area contributed by atoms with Gasteiger partial charge in [0.15, 0.2) is 0 Å². The van der Waals surface area contributed by atoms with E-state index < -0.39 is 5.97 Å². The van der Waals surface area contributed by atoms with Crippen LogP contribution in [0.2, 0.25) is 0 Å². The molecular weight excluding hydrogens is 296 g/mol. The van der Waals surface area contributed by atoms with E-state index in [1.807, 2.05) is 24.3 Å². The maximum Gasteiger partial charge on any atom is 0.335 e. The Balaban J connectivity index is 1.97. The first-order valence-corrected chi connectivity index (χ1v) is 6.15. The summed E-state index contributed by atoms with van der Waals surface area (Å²) in [5, 5.41) is 8.77. The number of carbonyl (C=O) groups is 1. The van der Waals surface area contributed by atoms with Crippen LogP contribution in [0.5, 0.6) is 5.75 Å². The van der Waals surface area contributed by atoms with Crippen molar-refractivity contribution in [3.63, 3.8) is 0 Å². The summed E-state index contributed by atoms with van der Waals surface area (Å²) < 4.78 is 6.58. The van der Waals surface area contributed by atoms with Crippen molar-refractivity contribution in [2.45, 2.75) is 6.61 Å². The van der Waals surface area contributed by atoms with E-state index in [0.717, 1.165) is 15.8 Å². The molecule has 2 aromatic rings. The van der Waals surface area contributed by atoms with Crippen LogP contribution in [-0.4, -0.2) is 11.1 Å². The number of halogens is 1. The monoisotopic (exact) mass is 306 g/mol. The molecule has 0 saturated carbocycles. The Bertz CT molecular complexity index is 532. The SMILES string of the molecule is O=C(O)c1ccc(COc2ccc(Br)cc2)cc1. The van der Waals surface area contributed by atoms with Gasteiger partial charge in [0.1, 0.15) is 12.4 Å². The van der Waals surface area contributed by atoms with Crippen molar-refractivity contribution in [2.24, 2.45) is 0 Å². The van der Waals surface area contributed by atoms with Crippen LogP contribution in [0.1, 0.15) is 15.9 Å². The average molecular weight is 307 g/mol. The lowest BCUT2D eigenvalue weighted by molar-refractivity contribution is 0.0697. The highest BCUT2D eigenvalue weighted by atomic mass is 79.9. The van der Waals surface area contributed by atoms with Gasteiger partial charge < -0.3 is 9.84 Å². The van der Waals surface area contributed by atoms with Gasteiger partial charge in [-0.15, -0.1) is 0 Å². The van der Waals surface area contributed by atoms with E-state index in [1.54, 1.807) is 24.3 Å². The molecule has 0 aromatic heterocycles. The van der Waals surface area contributed by atoms with Gasteiger partial charge in [0.2, 0.25) is 0 Å². The van der Waals surface area contributed by atoms with E-state index in [-0.39, 0.29) is 5.56 Å². The molecule has 0 unspecified atom stereocenters. The summed E-state index contributed by atoms with van der Waals surface area (Å²) in [5.41, 5.74) is 1.21. The summed E-state index contributed by atoms with van der Waals surface area (Å²) in [6, 6.07) is 14.2. The Hall–Kier alpha value is -1.81. The fraction of sp³-hybridized carbons (Fsp3) is 0.0714. The molecule has 0 fully saturated rings. The number of carboxylic acid groups (broad SMARTS) is 1. The molecule has 3 nitrogen and oxygen atoms in total. The van der Waals surface area contributed by atoms with E-state index >= 15 is 0 Å². The lowest BCUT2D eigenvalue weighted by Crippen LogP contribution is -1.98. The quantitative estimate of drug-likeness (QED) is 0.936. The van der Waals surface area contributed by atoms with Crippen LogP contribution < -0.4 is 4.74 Å². The number of aromatic carboxylic acids is 1. The fourth-order valence-electron chi connectivity index (χ4n) is 1.44. The summed E-state index contributed by atoms with van der Waals surface area (Å²) in [5.74, 6) is -0.143. The van der Waals surface area contributed by atoms with E-state index in [2.05, 4.69) is 15.9 Å². The average Bonchev–Trinajstić information content (AvgIpc) is 2.38. The summed E-state index contributed by atoms with van der Waals surface area (Å²) in [6.07, 6.45) is 0. The van der Waals surface area contributed by atoms with Crippen LogP contribution in [0.15, 0.2) is 53.0 Å². The van der Waals surface area contributed by atoms with Crippen molar-refractivity contribution >= 4 is 21.9 Å². The first kappa shape index (κ1) is 12.6. The number of ether oxygens (including phenoxy) is 1. The molecule has 0 amide bonds. The lowest BCUT2D eigenvalue weighted by Gasteiger charge is -2.06. The van der Waals surface area contributed by atoms with Crippen LogP contribution in [0.25, 0.3) is 0 Å². The van der Waals surface area contributed by atoms with Gasteiger partial charge in [0, 0.05) is 4.47 Å². The third kappa shape index (κ3) is 3.34. The molecule has 4 heteroatoms. The molecule has 0 saturated heterocycles. The number of hydrogen-bond donors (Lipinski definition) is 1. The zero-order valence-electron chi connectivity index (χ0n) is 9.47. The Labute approximate surface area is 113 Å². The van der Waals surface area contributed by atoms with Crippen molar-refractivity contribution in [3.05, 3.63) is 64.1 Å². The normalized spacial score (nSPS) is 10.1. The van der Waals surface area contributed by atoms with Crippen molar-refractivity contribution in [1.29, 1.82) is 0 Å². The van der Waals surface area contributed by atoms with Crippen molar-refractivity contribution < 1.29 is 14.6 Å². The number of hydrogen-bond acceptors (Lipinski definition) is 2. The Morgan fingerprint density at radius 1 is 1.06 bits per heavy atom. The van der Waals surface area contributed by atoms with Gasteiger partial charge in [0.25, 0.3) is 0 Å². The van der Waals surface area contributed by atoms with Crippen molar-refractivity contribution in [2.75, 3.05) is 0 Å². The molecule has 2 aromatic carbocycles. The molecule has 2 rings (SSSR count). The minimum Gasteiger partial charge on any atom is -0.489 e. The van der Waals surface area contributed by atoms with Crippen LogP contribution in [-0.2, 0) is 6.61 Å². The molecule has 0 aliphatic rings. The summed E-state index contributed by atoms with van der Waals surface area (Å²) in [6.45, 7) is 0.418. The summed E-state index contributed by atoms with van der Waals surface area (Å²) >= 11 is 3.35. The van der Waals surface area contributed by atoms with Crippen LogP contribution in [0, 0.1) is 0 Å². The zero-order chi connectivity index (χ0) is 13.0. The maximum atomic E-state index is 10.7. The standard InChI is InChI=1S/C14H11BrO3/c15-12-5-7-13(8-6-12)18-9-10-1-3-11(4-2-10)14(16)17/h1-8H,9H2,(H,16,17). The van der Waals surface area contributed by atoms with E-state index in [0.29, 0.717) is 6.61 Å². The maximum absolute atomic E-state index is 10.7. The van der Waals surface area contributed by atoms with Crippen molar-refractivity contribution in [1.82, 2.24) is 0 Å². The molecule has 0 radical (unpaired) electrons. The highest BCUT2D eigenvalue weighted by Gasteiger charge is 2.02. The Kier molecular flexibility index (Phi) is 3.99. The van der Waals surface area contributed by atoms with Gasteiger partial charge in [-0.25, -0.2) is 4.79 Å². The number of carboxylic acids is 1. The predicted octanol–water partition coefficient (Wildman–Crippen LogP) is 3.73. The van der Waals surface area contributed by atoms with Gasteiger partial charge in [-0.1, -0.05) is 28.1 Å². The van der Waals surface area contributed by atoms with Crippen molar-refractivity contribution in [3.8, 4) is 5.75 Å². The molecule has 0 heterocycles. The third-order valence-corrected chi connectivity index (χ3v) is 2.95. The third-order valence-electron chi connectivity index (χ3n) is 2.42. The smallest absolute Gasteiger partial charge is 0.335 e.